The van der Waals surface area contributed by atoms with Gasteiger partial charge in [-0.3, -0.25) is 14.2 Å². The summed E-state index contributed by atoms with van der Waals surface area (Å²) < 4.78 is 13.8. The topological polar surface area (TPSA) is 114 Å². The first-order valence-electron chi connectivity index (χ1n) is 14.7. The number of hydrogen-bond acceptors (Lipinski definition) is 7. The Kier molecular flexibility index (Phi) is 8.41. The number of furan rings is 1. The van der Waals surface area contributed by atoms with Crippen molar-refractivity contribution in [2.75, 3.05) is 20.2 Å². The van der Waals surface area contributed by atoms with Gasteiger partial charge in [-0.25, -0.2) is 9.79 Å². The van der Waals surface area contributed by atoms with Gasteiger partial charge < -0.3 is 19.2 Å². The Morgan fingerprint density at radius 2 is 1.87 bits per heavy atom. The Morgan fingerprint density at radius 1 is 1.11 bits per heavy atom. The maximum Gasteiger partial charge on any atom is 0.337 e. The number of fused-ring (bicyclic) bond motifs is 2. The summed E-state index contributed by atoms with van der Waals surface area (Å²) in [4.78, 5) is 46.8. The Hall–Kier alpha value is -4.93. The lowest BCUT2D eigenvalue weighted by Crippen LogP contribution is -2.43. The molecule has 46 heavy (non-hydrogen) atoms. The highest BCUT2D eigenvalue weighted by Gasteiger charge is 2.36. The normalized spacial score (nSPS) is 14.7. The molecule has 2 aromatic heterocycles. The van der Waals surface area contributed by atoms with Gasteiger partial charge in [0.25, 0.3) is 11.5 Å². The number of benzene rings is 3. The molecular formula is C35H30ClN3O6S. The van der Waals surface area contributed by atoms with Crippen LogP contribution in [-0.2, 0) is 4.79 Å². The molecule has 1 aliphatic rings. The average molecular weight is 656 g/mol. The fraction of sp³-hybridized carbons (Fsp3) is 0.200. The molecule has 1 N–H and O–H groups in total. The lowest BCUT2D eigenvalue weighted by atomic mass is 9.90. The third-order valence-corrected chi connectivity index (χ3v) is 9.41. The van der Waals surface area contributed by atoms with E-state index in [1.165, 1.54) is 23.5 Å². The molecular weight excluding hydrogens is 626 g/mol. The van der Waals surface area contributed by atoms with Crippen LogP contribution < -0.4 is 19.6 Å². The van der Waals surface area contributed by atoms with Crippen molar-refractivity contribution in [3.8, 4) is 17.1 Å². The molecule has 0 aliphatic carbocycles. The van der Waals surface area contributed by atoms with E-state index in [-0.39, 0.29) is 22.1 Å². The first-order valence-corrected chi connectivity index (χ1v) is 15.9. The van der Waals surface area contributed by atoms with Gasteiger partial charge in [0, 0.05) is 30.3 Å². The zero-order valence-electron chi connectivity index (χ0n) is 25.5. The summed E-state index contributed by atoms with van der Waals surface area (Å²) >= 11 is 7.38. The van der Waals surface area contributed by atoms with Crippen LogP contribution in [0.5, 0.6) is 5.75 Å². The van der Waals surface area contributed by atoms with E-state index in [9.17, 15) is 19.5 Å². The smallest absolute Gasteiger partial charge is 0.337 e. The third kappa shape index (κ3) is 5.33. The lowest BCUT2D eigenvalue weighted by Gasteiger charge is -2.30. The van der Waals surface area contributed by atoms with E-state index in [1.54, 1.807) is 47.8 Å². The number of aromatic carboxylic acids is 1. The van der Waals surface area contributed by atoms with Crippen molar-refractivity contribution in [3.05, 3.63) is 120 Å². The number of likely N-dealkylation sites (N-methyl/N-ethyl adjacent to an activating group) is 1. The number of allylic oxidation sites excluding steroid dienone is 1. The molecule has 11 heteroatoms. The Labute approximate surface area is 272 Å². The fourth-order valence-electron chi connectivity index (χ4n) is 5.84. The van der Waals surface area contributed by atoms with Gasteiger partial charge in [0.05, 0.1) is 33.5 Å². The number of nitrogens with zero attached hydrogens (tertiary/aromatic N) is 3. The largest absolute Gasteiger partial charge is 0.496 e. The average Bonchev–Trinajstić information content (AvgIpc) is 3.64. The highest BCUT2D eigenvalue weighted by Crippen LogP contribution is 2.40. The van der Waals surface area contributed by atoms with Crippen molar-refractivity contribution in [2.24, 2.45) is 4.99 Å². The molecule has 3 aromatic carbocycles. The molecule has 0 bridgehead atoms. The van der Waals surface area contributed by atoms with E-state index in [0.29, 0.717) is 62.1 Å². The van der Waals surface area contributed by atoms with Crippen LogP contribution in [0.1, 0.15) is 48.5 Å². The zero-order valence-corrected chi connectivity index (χ0v) is 27.1. The number of carboxylic acids is 1. The number of carbonyl (C=O) groups is 2. The van der Waals surface area contributed by atoms with E-state index in [4.69, 9.17) is 25.7 Å². The summed E-state index contributed by atoms with van der Waals surface area (Å²) in [5.74, 6) is 0.112. The molecule has 0 unspecified atom stereocenters. The van der Waals surface area contributed by atoms with E-state index in [1.807, 2.05) is 50.2 Å². The van der Waals surface area contributed by atoms with Crippen LogP contribution in [0.4, 0.5) is 0 Å². The third-order valence-electron chi connectivity index (χ3n) is 8.11. The number of carboxylic acid groups (broad SMARTS) is 1. The summed E-state index contributed by atoms with van der Waals surface area (Å²) in [6.45, 7) is 6.65. The van der Waals surface area contributed by atoms with Gasteiger partial charge in [0.2, 0.25) is 0 Å². The molecule has 0 fully saturated rings. The van der Waals surface area contributed by atoms with Gasteiger partial charge in [0.15, 0.2) is 4.80 Å². The molecule has 3 heterocycles. The summed E-state index contributed by atoms with van der Waals surface area (Å²) in [6, 6.07) is 18.9. The first-order chi connectivity index (χ1) is 22.2. The minimum Gasteiger partial charge on any atom is -0.496 e. The van der Waals surface area contributed by atoms with Crippen molar-refractivity contribution < 1.29 is 23.8 Å². The minimum absolute atomic E-state index is 0.00942. The molecule has 0 spiro atoms. The molecule has 0 saturated carbocycles. The first kappa shape index (κ1) is 31.1. The Morgan fingerprint density at radius 3 is 2.57 bits per heavy atom. The number of carbonyl (C=O) groups excluding carboxylic acids is 1. The maximum atomic E-state index is 14.3. The number of methoxy groups -OCH3 is 1. The SMILES string of the molecule is CCN(CC)C(=O)C1=C(C)N=c2s/c(=C/c3ccc(-c4ccc(C(=O)O)c(Cl)c4)o3)c(=O)n2[C@@H]1c1c(OC)ccc2ccccc12. The van der Waals surface area contributed by atoms with E-state index in [2.05, 4.69) is 0 Å². The predicted molar refractivity (Wildman–Crippen MR) is 178 cm³/mol. The maximum absolute atomic E-state index is 14.3. The summed E-state index contributed by atoms with van der Waals surface area (Å²) in [5, 5.41) is 11.2. The van der Waals surface area contributed by atoms with Gasteiger partial charge >= 0.3 is 5.97 Å². The van der Waals surface area contributed by atoms with Crippen molar-refractivity contribution in [1.82, 2.24) is 9.47 Å². The number of rotatable bonds is 8. The van der Waals surface area contributed by atoms with Gasteiger partial charge in [-0.05, 0) is 61.9 Å². The number of aromatic nitrogens is 1. The monoisotopic (exact) mass is 655 g/mol. The van der Waals surface area contributed by atoms with Crippen molar-refractivity contribution >= 4 is 51.7 Å². The number of thiazole rings is 1. The van der Waals surface area contributed by atoms with Crippen molar-refractivity contribution in [3.63, 3.8) is 0 Å². The van der Waals surface area contributed by atoms with E-state index in [0.717, 1.165) is 10.8 Å². The van der Waals surface area contributed by atoms with Gasteiger partial charge in [-0.2, -0.15) is 0 Å². The highest BCUT2D eigenvalue weighted by atomic mass is 35.5. The van der Waals surface area contributed by atoms with Crippen LogP contribution in [0.15, 0.2) is 92.2 Å². The van der Waals surface area contributed by atoms with Gasteiger partial charge in [-0.1, -0.05) is 59.3 Å². The second-order valence-electron chi connectivity index (χ2n) is 10.7. The molecule has 6 rings (SSSR count). The molecule has 5 aromatic rings. The standard InChI is InChI=1S/C35H30ClN3O6S/c1-5-38(6-2)33(41)29-19(3)37-35-39(31(29)30-23-10-8-7-9-20(23)12-15-27(30)44-4)32(40)28(46-35)18-22-13-16-26(45-22)21-11-14-24(34(42)43)25(36)17-21/h7-18,31H,5-6H2,1-4H3,(H,42,43)/b28-18+/t31-/m0/s1. The summed E-state index contributed by atoms with van der Waals surface area (Å²) in [7, 11) is 1.58. The summed E-state index contributed by atoms with van der Waals surface area (Å²) in [5.41, 5.74) is 1.91. The molecule has 9 nitrogen and oxygen atoms in total. The van der Waals surface area contributed by atoms with Crippen LogP contribution in [0.2, 0.25) is 5.02 Å². The number of amides is 1. The van der Waals surface area contributed by atoms with Gasteiger partial charge in [-0.15, -0.1) is 0 Å². The van der Waals surface area contributed by atoms with Crippen LogP contribution in [-0.4, -0.2) is 46.6 Å². The van der Waals surface area contributed by atoms with Crippen molar-refractivity contribution in [1.29, 1.82) is 0 Å². The van der Waals surface area contributed by atoms with Crippen LogP contribution in [0, 0.1) is 0 Å². The Balaban J connectivity index is 1.54. The summed E-state index contributed by atoms with van der Waals surface area (Å²) in [6.07, 6.45) is 1.64. The van der Waals surface area contributed by atoms with E-state index < -0.39 is 12.0 Å². The number of hydrogen-bond donors (Lipinski definition) is 1. The second kappa shape index (κ2) is 12.5. The predicted octanol–water partition coefficient (Wildman–Crippen LogP) is 5.88. The molecule has 1 aliphatic heterocycles. The fourth-order valence-corrected chi connectivity index (χ4v) is 7.13. The number of ether oxygens (including phenoxy) is 1. The second-order valence-corrected chi connectivity index (χ2v) is 12.1. The minimum atomic E-state index is -1.12. The van der Waals surface area contributed by atoms with Crippen LogP contribution >= 0.6 is 22.9 Å². The lowest BCUT2D eigenvalue weighted by molar-refractivity contribution is -0.127. The molecule has 0 saturated heterocycles. The highest BCUT2D eigenvalue weighted by molar-refractivity contribution is 7.07. The molecule has 0 radical (unpaired) electrons. The molecule has 1 amide bonds. The Bertz CT molecular complexity index is 2240. The van der Waals surface area contributed by atoms with Crippen LogP contribution in [0.25, 0.3) is 28.2 Å². The zero-order chi connectivity index (χ0) is 32.7. The van der Waals surface area contributed by atoms with Crippen molar-refractivity contribution in [2.45, 2.75) is 26.8 Å². The number of halogens is 1. The molecule has 234 valence electrons. The quantitative estimate of drug-likeness (QED) is 0.223. The molecule has 1 atom stereocenters. The van der Waals surface area contributed by atoms with Crippen LogP contribution in [0.3, 0.4) is 0 Å². The van der Waals surface area contributed by atoms with E-state index >= 15 is 0 Å². The van der Waals surface area contributed by atoms with Gasteiger partial charge in [0.1, 0.15) is 23.3 Å².